The number of aliphatic hydroxyl groups excluding tert-OH is 2. The van der Waals surface area contributed by atoms with Crippen molar-refractivity contribution >= 4 is 15.7 Å². The number of hydrogen-bond acceptors (Lipinski definition) is 5. The van der Waals surface area contributed by atoms with Crippen molar-refractivity contribution in [3.63, 3.8) is 0 Å². The molecule has 0 saturated carbocycles. The number of aliphatic hydroxyl groups is 2. The van der Waals surface area contributed by atoms with Gasteiger partial charge in [0.1, 0.15) is 0 Å². The number of benzene rings is 1. The fourth-order valence-electron chi connectivity index (χ4n) is 1.56. The zero-order valence-corrected chi connectivity index (χ0v) is 11.9. The van der Waals surface area contributed by atoms with Crippen molar-refractivity contribution in [2.75, 3.05) is 18.9 Å². The van der Waals surface area contributed by atoms with Crippen molar-refractivity contribution in [2.45, 2.75) is 30.7 Å². The molecule has 0 aliphatic carbocycles. The zero-order valence-electron chi connectivity index (χ0n) is 11.0. The molecule has 0 unspecified atom stereocenters. The summed E-state index contributed by atoms with van der Waals surface area (Å²) in [5, 5.41) is 18.2. The highest BCUT2D eigenvalue weighted by Gasteiger charge is 2.29. The molecule has 5 N–H and O–H groups in total. The van der Waals surface area contributed by atoms with Gasteiger partial charge < -0.3 is 15.9 Å². The van der Waals surface area contributed by atoms with Crippen LogP contribution in [0.1, 0.15) is 19.4 Å². The van der Waals surface area contributed by atoms with Crippen molar-refractivity contribution in [1.82, 2.24) is 4.72 Å². The van der Waals surface area contributed by atoms with Gasteiger partial charge >= 0.3 is 0 Å². The Morgan fingerprint density at radius 2 is 1.89 bits per heavy atom. The number of sulfonamides is 1. The van der Waals surface area contributed by atoms with Crippen molar-refractivity contribution in [3.8, 4) is 0 Å². The Morgan fingerprint density at radius 3 is 2.32 bits per heavy atom. The van der Waals surface area contributed by atoms with Crippen molar-refractivity contribution in [3.05, 3.63) is 23.8 Å². The second-order valence-electron chi connectivity index (χ2n) is 4.70. The first-order chi connectivity index (χ1) is 8.78. The third-order valence-electron chi connectivity index (χ3n) is 2.89. The molecule has 7 heteroatoms. The number of rotatable bonds is 6. The molecule has 0 saturated heterocycles. The van der Waals surface area contributed by atoms with Gasteiger partial charge in [0.2, 0.25) is 10.0 Å². The second kappa shape index (κ2) is 5.87. The molecule has 0 aliphatic heterocycles. The third kappa shape index (κ3) is 3.66. The van der Waals surface area contributed by atoms with Crippen molar-refractivity contribution in [1.29, 1.82) is 0 Å². The molecular formula is C12H20N2O4S. The number of anilines is 1. The molecular weight excluding hydrogens is 268 g/mol. The first kappa shape index (κ1) is 15.9. The number of nitrogen functional groups attached to an aromatic ring is 1. The molecule has 108 valence electrons. The van der Waals surface area contributed by atoms with Gasteiger partial charge in [0.05, 0.1) is 23.6 Å². The molecule has 0 fully saturated rings. The van der Waals surface area contributed by atoms with E-state index in [-0.39, 0.29) is 4.90 Å². The summed E-state index contributed by atoms with van der Waals surface area (Å²) >= 11 is 0. The van der Waals surface area contributed by atoms with Crippen LogP contribution in [0, 0.1) is 0 Å². The Labute approximate surface area is 113 Å². The van der Waals surface area contributed by atoms with E-state index >= 15 is 0 Å². The van der Waals surface area contributed by atoms with Crippen molar-refractivity contribution in [2.24, 2.45) is 0 Å². The molecule has 0 atom stereocenters. The highest BCUT2D eigenvalue weighted by molar-refractivity contribution is 7.89. The molecule has 0 spiro atoms. The highest BCUT2D eigenvalue weighted by Crippen LogP contribution is 2.19. The largest absolute Gasteiger partial charge is 0.398 e. The summed E-state index contributed by atoms with van der Waals surface area (Å²) in [6.45, 7) is 2.32. The molecule has 6 nitrogen and oxygen atoms in total. The van der Waals surface area contributed by atoms with Gasteiger partial charge in [-0.3, -0.25) is 0 Å². The number of hydrogen-bond donors (Lipinski definition) is 4. The molecule has 0 aliphatic rings. The topological polar surface area (TPSA) is 113 Å². The van der Waals surface area contributed by atoms with Crippen LogP contribution in [0.15, 0.2) is 23.1 Å². The maximum absolute atomic E-state index is 12.1. The lowest BCUT2D eigenvalue weighted by atomic mass is 10.1. The minimum Gasteiger partial charge on any atom is -0.398 e. The lowest BCUT2D eigenvalue weighted by Gasteiger charge is -2.25. The summed E-state index contributed by atoms with van der Waals surface area (Å²) in [5.41, 5.74) is 5.73. The summed E-state index contributed by atoms with van der Waals surface area (Å²) < 4.78 is 26.5. The Kier molecular flexibility index (Phi) is 4.92. The Morgan fingerprint density at radius 1 is 1.32 bits per heavy atom. The van der Waals surface area contributed by atoms with E-state index in [4.69, 9.17) is 15.9 Å². The lowest BCUT2D eigenvalue weighted by Crippen LogP contribution is -2.51. The monoisotopic (exact) mass is 288 g/mol. The molecule has 0 heterocycles. The van der Waals surface area contributed by atoms with Gasteiger partial charge in [-0.25, -0.2) is 13.1 Å². The van der Waals surface area contributed by atoms with Gasteiger partial charge in [0.15, 0.2) is 0 Å². The van der Waals surface area contributed by atoms with E-state index in [9.17, 15) is 8.42 Å². The number of nitrogens with one attached hydrogen (secondary N) is 1. The van der Waals surface area contributed by atoms with Gasteiger partial charge in [0, 0.05) is 5.69 Å². The molecule has 0 aromatic heterocycles. The van der Waals surface area contributed by atoms with Gasteiger partial charge in [-0.2, -0.15) is 0 Å². The van der Waals surface area contributed by atoms with E-state index in [1.165, 1.54) is 19.1 Å². The first-order valence-electron chi connectivity index (χ1n) is 5.92. The quantitative estimate of drug-likeness (QED) is 0.544. The number of aryl methyl sites for hydroxylation is 1. The standard InChI is InChI=1S/C12H20N2O4S/c1-3-9-4-5-10(6-11(9)13)19(17,18)14-12(2,7-15)8-16/h4-6,14-16H,3,7-8,13H2,1-2H3. The summed E-state index contributed by atoms with van der Waals surface area (Å²) in [5.74, 6) is 0. The Bertz CT molecular complexity index is 539. The van der Waals surface area contributed by atoms with E-state index in [1.54, 1.807) is 6.07 Å². The average Bonchev–Trinajstić information content (AvgIpc) is 2.38. The van der Waals surface area contributed by atoms with E-state index in [0.29, 0.717) is 12.1 Å². The molecule has 1 aromatic rings. The first-order valence-corrected chi connectivity index (χ1v) is 7.40. The Balaban J connectivity index is 3.11. The molecule has 0 bridgehead atoms. The zero-order chi connectivity index (χ0) is 14.7. The fourth-order valence-corrected chi connectivity index (χ4v) is 2.99. The molecule has 0 radical (unpaired) electrons. The molecule has 1 aromatic carbocycles. The van der Waals surface area contributed by atoms with Gasteiger partial charge in [-0.1, -0.05) is 13.0 Å². The van der Waals surface area contributed by atoms with E-state index in [2.05, 4.69) is 4.72 Å². The lowest BCUT2D eigenvalue weighted by molar-refractivity contribution is 0.122. The van der Waals surface area contributed by atoms with Gasteiger partial charge in [-0.15, -0.1) is 0 Å². The van der Waals surface area contributed by atoms with Crippen LogP contribution in [-0.4, -0.2) is 37.4 Å². The van der Waals surface area contributed by atoms with Crippen molar-refractivity contribution < 1.29 is 18.6 Å². The predicted molar refractivity (Wildman–Crippen MR) is 73.1 cm³/mol. The minimum atomic E-state index is -3.84. The van der Waals surface area contributed by atoms with Crippen LogP contribution in [0.5, 0.6) is 0 Å². The van der Waals surface area contributed by atoms with Gasteiger partial charge in [0.25, 0.3) is 0 Å². The van der Waals surface area contributed by atoms with Crippen LogP contribution in [0.3, 0.4) is 0 Å². The third-order valence-corrected chi connectivity index (χ3v) is 4.52. The predicted octanol–water partition coefficient (Wildman–Crippen LogP) is -0.147. The smallest absolute Gasteiger partial charge is 0.241 e. The van der Waals surface area contributed by atoms with Crippen LogP contribution in [-0.2, 0) is 16.4 Å². The van der Waals surface area contributed by atoms with Crippen LogP contribution < -0.4 is 10.5 Å². The maximum Gasteiger partial charge on any atom is 0.241 e. The second-order valence-corrected chi connectivity index (χ2v) is 6.38. The van der Waals surface area contributed by atoms with Crippen LogP contribution >= 0.6 is 0 Å². The summed E-state index contributed by atoms with van der Waals surface area (Å²) in [7, 11) is -3.84. The molecule has 0 amide bonds. The Hall–Kier alpha value is -1.15. The highest BCUT2D eigenvalue weighted by atomic mass is 32.2. The van der Waals surface area contributed by atoms with Crippen LogP contribution in [0.25, 0.3) is 0 Å². The van der Waals surface area contributed by atoms with Crippen LogP contribution in [0.2, 0.25) is 0 Å². The van der Waals surface area contributed by atoms with Gasteiger partial charge in [-0.05, 0) is 31.0 Å². The molecule has 19 heavy (non-hydrogen) atoms. The molecule has 1 rings (SSSR count). The maximum atomic E-state index is 12.1. The minimum absolute atomic E-state index is 0.00956. The fraction of sp³-hybridized carbons (Fsp3) is 0.500. The van der Waals surface area contributed by atoms with Crippen LogP contribution in [0.4, 0.5) is 5.69 Å². The van der Waals surface area contributed by atoms with E-state index in [0.717, 1.165) is 5.56 Å². The summed E-state index contributed by atoms with van der Waals surface area (Å²) in [4.78, 5) is 0.00956. The number of nitrogens with two attached hydrogens (primary N) is 1. The summed E-state index contributed by atoms with van der Waals surface area (Å²) in [6, 6.07) is 4.47. The SMILES string of the molecule is CCc1ccc(S(=O)(=O)NC(C)(CO)CO)cc1N. The normalized spacial score (nSPS) is 12.6. The average molecular weight is 288 g/mol. The van der Waals surface area contributed by atoms with E-state index in [1.807, 2.05) is 6.92 Å². The van der Waals surface area contributed by atoms with E-state index < -0.39 is 28.8 Å². The summed E-state index contributed by atoms with van der Waals surface area (Å²) in [6.07, 6.45) is 0.713.